The Morgan fingerprint density at radius 2 is 1.89 bits per heavy atom. The SMILES string of the molecule is Cc1ccc(C)c(NC(=S)NCc2cccc(NC(=O)c3ccco3)c2)c1. The molecule has 5 nitrogen and oxygen atoms in total. The molecule has 0 saturated heterocycles. The second kappa shape index (κ2) is 8.51. The number of nitrogens with one attached hydrogen (secondary N) is 3. The van der Waals surface area contributed by atoms with Gasteiger partial charge in [0.2, 0.25) is 0 Å². The van der Waals surface area contributed by atoms with E-state index < -0.39 is 0 Å². The first-order valence-corrected chi connectivity index (χ1v) is 8.98. The average Bonchev–Trinajstić information content (AvgIpc) is 3.18. The maximum absolute atomic E-state index is 12.1. The van der Waals surface area contributed by atoms with Crippen LogP contribution in [0, 0.1) is 13.8 Å². The molecule has 3 N–H and O–H groups in total. The van der Waals surface area contributed by atoms with Gasteiger partial charge < -0.3 is 20.4 Å². The van der Waals surface area contributed by atoms with E-state index in [0.29, 0.717) is 17.3 Å². The van der Waals surface area contributed by atoms with E-state index in [4.69, 9.17) is 16.6 Å². The van der Waals surface area contributed by atoms with Gasteiger partial charge in [-0.25, -0.2) is 0 Å². The van der Waals surface area contributed by atoms with Gasteiger partial charge in [-0.15, -0.1) is 0 Å². The second-order valence-corrected chi connectivity index (χ2v) is 6.67. The molecule has 3 rings (SSSR count). The molecule has 1 aromatic heterocycles. The lowest BCUT2D eigenvalue weighted by atomic mass is 10.1. The summed E-state index contributed by atoms with van der Waals surface area (Å²) in [5.74, 6) is -0.00495. The van der Waals surface area contributed by atoms with Gasteiger partial charge in [-0.2, -0.15) is 0 Å². The van der Waals surface area contributed by atoms with Crippen LogP contribution in [0.15, 0.2) is 65.3 Å². The second-order valence-electron chi connectivity index (χ2n) is 6.26. The van der Waals surface area contributed by atoms with Crippen LogP contribution in [0.5, 0.6) is 0 Å². The molecule has 0 aliphatic carbocycles. The molecular weight excluding hydrogens is 358 g/mol. The third-order valence-corrected chi connectivity index (χ3v) is 4.27. The van der Waals surface area contributed by atoms with Crippen LogP contribution in [0.2, 0.25) is 0 Å². The quantitative estimate of drug-likeness (QED) is 0.564. The van der Waals surface area contributed by atoms with Gasteiger partial charge in [-0.05, 0) is 73.1 Å². The normalized spacial score (nSPS) is 10.3. The summed E-state index contributed by atoms with van der Waals surface area (Å²) in [7, 11) is 0. The van der Waals surface area contributed by atoms with E-state index >= 15 is 0 Å². The van der Waals surface area contributed by atoms with E-state index in [9.17, 15) is 4.79 Å². The summed E-state index contributed by atoms with van der Waals surface area (Å²) in [5.41, 5.74) is 4.99. The Kier molecular flexibility index (Phi) is 5.88. The van der Waals surface area contributed by atoms with Crippen LogP contribution in [0.3, 0.4) is 0 Å². The smallest absolute Gasteiger partial charge is 0.291 e. The lowest BCUT2D eigenvalue weighted by molar-refractivity contribution is 0.0996. The van der Waals surface area contributed by atoms with Crippen molar-refractivity contribution in [3.8, 4) is 0 Å². The number of amides is 1. The van der Waals surface area contributed by atoms with E-state index in [1.165, 1.54) is 11.8 Å². The third kappa shape index (κ3) is 5.18. The molecule has 0 spiro atoms. The van der Waals surface area contributed by atoms with Crippen molar-refractivity contribution >= 4 is 34.6 Å². The summed E-state index contributed by atoms with van der Waals surface area (Å²) in [6.45, 7) is 4.63. The fourth-order valence-electron chi connectivity index (χ4n) is 2.58. The number of furan rings is 1. The molecule has 0 fully saturated rings. The zero-order chi connectivity index (χ0) is 19.2. The van der Waals surface area contributed by atoms with Crippen molar-refractivity contribution in [2.45, 2.75) is 20.4 Å². The van der Waals surface area contributed by atoms with Crippen LogP contribution in [-0.2, 0) is 6.54 Å². The highest BCUT2D eigenvalue weighted by Gasteiger charge is 2.09. The molecule has 27 heavy (non-hydrogen) atoms. The first-order valence-electron chi connectivity index (χ1n) is 8.57. The molecule has 0 saturated carbocycles. The Balaban J connectivity index is 1.57. The molecule has 0 bridgehead atoms. The van der Waals surface area contributed by atoms with Gasteiger partial charge in [-0.3, -0.25) is 4.79 Å². The number of thiocarbonyl (C=S) groups is 1. The highest BCUT2D eigenvalue weighted by atomic mass is 32.1. The Bertz CT molecular complexity index is 952. The van der Waals surface area contributed by atoms with E-state index in [1.54, 1.807) is 12.1 Å². The predicted molar refractivity (Wildman–Crippen MR) is 112 cm³/mol. The van der Waals surface area contributed by atoms with Crippen molar-refractivity contribution in [1.82, 2.24) is 5.32 Å². The van der Waals surface area contributed by atoms with E-state index in [1.807, 2.05) is 38.1 Å². The van der Waals surface area contributed by atoms with Gasteiger partial charge >= 0.3 is 0 Å². The van der Waals surface area contributed by atoms with Crippen molar-refractivity contribution in [3.63, 3.8) is 0 Å². The topological polar surface area (TPSA) is 66.3 Å². The monoisotopic (exact) mass is 379 g/mol. The van der Waals surface area contributed by atoms with Gasteiger partial charge in [0, 0.05) is 17.9 Å². The lowest BCUT2D eigenvalue weighted by Gasteiger charge is -2.13. The minimum atomic E-state index is -0.280. The fraction of sp³-hybridized carbons (Fsp3) is 0.143. The number of rotatable bonds is 5. The number of hydrogen-bond acceptors (Lipinski definition) is 3. The molecule has 0 unspecified atom stereocenters. The highest BCUT2D eigenvalue weighted by Crippen LogP contribution is 2.16. The predicted octanol–water partition coefficient (Wildman–Crippen LogP) is 4.64. The Labute approximate surface area is 163 Å². The maximum atomic E-state index is 12.1. The van der Waals surface area contributed by atoms with Gasteiger partial charge in [0.15, 0.2) is 10.9 Å². The van der Waals surface area contributed by atoms with Crippen LogP contribution < -0.4 is 16.0 Å². The van der Waals surface area contributed by atoms with Crippen LogP contribution >= 0.6 is 12.2 Å². The van der Waals surface area contributed by atoms with Gasteiger partial charge in [-0.1, -0.05) is 24.3 Å². The van der Waals surface area contributed by atoms with Gasteiger partial charge in [0.05, 0.1) is 6.26 Å². The Morgan fingerprint density at radius 3 is 2.67 bits per heavy atom. The van der Waals surface area contributed by atoms with E-state index in [-0.39, 0.29) is 11.7 Å². The molecule has 138 valence electrons. The standard InChI is InChI=1S/C21H21N3O2S/c1-14-8-9-15(2)18(11-14)24-21(27)22-13-16-5-3-6-17(12-16)23-20(25)19-7-4-10-26-19/h3-12H,13H2,1-2H3,(H,23,25)(H2,22,24,27). The van der Waals surface area contributed by atoms with Crippen LogP contribution in [0.1, 0.15) is 27.2 Å². The van der Waals surface area contributed by atoms with Crippen LogP contribution in [-0.4, -0.2) is 11.0 Å². The molecule has 6 heteroatoms. The molecule has 0 radical (unpaired) electrons. The van der Waals surface area contributed by atoms with E-state index in [0.717, 1.165) is 16.8 Å². The number of benzene rings is 2. The van der Waals surface area contributed by atoms with Crippen LogP contribution in [0.4, 0.5) is 11.4 Å². The fourth-order valence-corrected chi connectivity index (χ4v) is 2.76. The van der Waals surface area contributed by atoms with Crippen molar-refractivity contribution in [2.75, 3.05) is 10.6 Å². The first-order chi connectivity index (χ1) is 13.0. The average molecular weight is 379 g/mol. The number of carbonyl (C=O) groups is 1. The molecule has 0 atom stereocenters. The molecule has 3 aromatic rings. The molecular formula is C21H21N3O2S. The molecule has 0 aliphatic rings. The zero-order valence-electron chi connectivity index (χ0n) is 15.2. The summed E-state index contributed by atoms with van der Waals surface area (Å²) >= 11 is 5.39. The van der Waals surface area contributed by atoms with Crippen molar-refractivity contribution in [3.05, 3.63) is 83.3 Å². The summed E-state index contributed by atoms with van der Waals surface area (Å²) in [5, 5.41) is 9.78. The Morgan fingerprint density at radius 1 is 1.04 bits per heavy atom. The summed E-state index contributed by atoms with van der Waals surface area (Å²) in [6, 6.07) is 17.1. The summed E-state index contributed by atoms with van der Waals surface area (Å²) < 4.78 is 5.10. The molecule has 1 amide bonds. The van der Waals surface area contributed by atoms with Crippen molar-refractivity contribution in [1.29, 1.82) is 0 Å². The third-order valence-electron chi connectivity index (χ3n) is 4.02. The maximum Gasteiger partial charge on any atom is 0.291 e. The van der Waals surface area contributed by atoms with E-state index in [2.05, 4.69) is 34.1 Å². The number of hydrogen-bond donors (Lipinski definition) is 3. The zero-order valence-corrected chi connectivity index (χ0v) is 16.0. The van der Waals surface area contributed by atoms with Crippen molar-refractivity contribution < 1.29 is 9.21 Å². The number of anilines is 2. The lowest BCUT2D eigenvalue weighted by Crippen LogP contribution is -2.28. The van der Waals surface area contributed by atoms with Gasteiger partial charge in [0.25, 0.3) is 5.91 Å². The number of aryl methyl sites for hydroxylation is 2. The summed E-state index contributed by atoms with van der Waals surface area (Å²) in [6.07, 6.45) is 1.47. The summed E-state index contributed by atoms with van der Waals surface area (Å²) in [4.78, 5) is 12.1. The minimum absolute atomic E-state index is 0.275. The minimum Gasteiger partial charge on any atom is -0.459 e. The molecule has 2 aromatic carbocycles. The van der Waals surface area contributed by atoms with Gasteiger partial charge in [0.1, 0.15) is 0 Å². The van der Waals surface area contributed by atoms with Crippen LogP contribution in [0.25, 0.3) is 0 Å². The largest absolute Gasteiger partial charge is 0.459 e. The first kappa shape index (κ1) is 18.7. The van der Waals surface area contributed by atoms with Crippen molar-refractivity contribution in [2.24, 2.45) is 0 Å². The highest BCUT2D eigenvalue weighted by molar-refractivity contribution is 7.80. The Hall–Kier alpha value is -3.12. The molecule has 0 aliphatic heterocycles. The number of carbonyl (C=O) groups excluding carboxylic acids is 1. The molecule has 1 heterocycles.